The molecule has 0 bridgehead atoms. The predicted molar refractivity (Wildman–Crippen MR) is 443 cm³/mol. The minimum absolute atomic E-state index is 0.108. The van der Waals surface area contributed by atoms with E-state index in [2.05, 4.69) is 127 Å². The van der Waals surface area contributed by atoms with E-state index < -0.39 is 7.12 Å². The molecule has 0 spiro atoms. The average Bonchev–Trinajstić information content (AvgIpc) is 2.35. The number of imidazole rings is 2. The number of aldehydes is 2. The molecule has 0 radical (unpaired) electrons. The molecule has 0 aliphatic carbocycles. The number of ether oxygens (including phenoxy) is 3. The van der Waals surface area contributed by atoms with Gasteiger partial charge in [0.25, 0.3) is 0 Å². The first-order valence-electron chi connectivity index (χ1n) is 37.6. The minimum atomic E-state index is -1.41. The van der Waals surface area contributed by atoms with Crippen LogP contribution in [0.4, 0.5) is 11.4 Å². The molecule has 20 heterocycles. The number of nitrogens with one attached hydrogen (secondary N) is 3. The van der Waals surface area contributed by atoms with Crippen molar-refractivity contribution in [2.45, 2.75) is 104 Å². The maximum Gasteiger partial charge on any atom is 0.490 e. The Labute approximate surface area is 671 Å². The van der Waals surface area contributed by atoms with Gasteiger partial charge in [-0.15, -0.1) is 0 Å². The first kappa shape index (κ1) is 78.0. The van der Waals surface area contributed by atoms with E-state index in [0.29, 0.717) is 56.8 Å². The van der Waals surface area contributed by atoms with Crippen LogP contribution in [0.15, 0.2) is 183 Å². The van der Waals surface area contributed by atoms with Crippen molar-refractivity contribution in [3.05, 3.63) is 216 Å². The van der Waals surface area contributed by atoms with Gasteiger partial charge >= 0.3 is 7.12 Å². The summed E-state index contributed by atoms with van der Waals surface area (Å²) in [5.41, 5.74) is 31.2. The van der Waals surface area contributed by atoms with Gasteiger partial charge in [0.2, 0.25) is 0 Å². The summed E-state index contributed by atoms with van der Waals surface area (Å²) in [6, 6.07) is 21.1. The van der Waals surface area contributed by atoms with Crippen LogP contribution < -0.4 is 16.9 Å². The Morgan fingerprint density at radius 1 is 0.466 bits per heavy atom. The Balaban J connectivity index is 0.000000114. The van der Waals surface area contributed by atoms with E-state index in [-0.39, 0.29) is 18.7 Å². The van der Waals surface area contributed by atoms with Gasteiger partial charge in [0, 0.05) is 156 Å². The smallest absolute Gasteiger partial charge is 0.423 e. The van der Waals surface area contributed by atoms with Crippen molar-refractivity contribution in [2.75, 3.05) is 31.3 Å². The summed E-state index contributed by atoms with van der Waals surface area (Å²) in [4.78, 5) is 85.3. The molecular formula is C82H79BBrN25O7. The number of carbonyl (C=O) groups is 2. The van der Waals surface area contributed by atoms with E-state index in [4.69, 9.17) is 50.8 Å². The van der Waals surface area contributed by atoms with Crippen molar-refractivity contribution in [1.82, 2.24) is 114 Å². The highest BCUT2D eigenvalue weighted by atomic mass is 79.9. The van der Waals surface area contributed by atoms with E-state index in [1.54, 1.807) is 90.4 Å². The molecule has 0 amide bonds. The molecule has 0 aromatic carbocycles. The zero-order valence-corrected chi connectivity index (χ0v) is 65.2. The fourth-order valence-corrected chi connectivity index (χ4v) is 14.1. The van der Waals surface area contributed by atoms with Gasteiger partial charge in [0.1, 0.15) is 22.8 Å². The maximum absolute atomic E-state index is 11.5. The molecule has 3 atom stereocenters. The number of aromatic nitrogens is 23. The van der Waals surface area contributed by atoms with Crippen molar-refractivity contribution in [1.29, 1.82) is 0 Å². The zero-order valence-electron chi connectivity index (χ0n) is 63.6. The molecule has 3 unspecified atom stereocenters. The molecule has 20 rings (SSSR count). The fourth-order valence-electron chi connectivity index (χ4n) is 13.7. The van der Waals surface area contributed by atoms with Crippen LogP contribution in [0.2, 0.25) is 0 Å². The summed E-state index contributed by atoms with van der Waals surface area (Å²) in [5.74, 6) is 1.41. The second kappa shape index (κ2) is 35.8. The van der Waals surface area contributed by atoms with Crippen LogP contribution in [0, 0.1) is 27.7 Å². The van der Waals surface area contributed by atoms with Crippen LogP contribution in [0.1, 0.15) is 120 Å². The number of halogens is 1. The standard InChI is InChI=1S/C23H21N7O.C18H13N7.C18H18N4O2.C12H12BrN3O2.C6H8BNO2.C5H7N3/c1-14-5-7-24-12-17(14)15-10-16-21(22-27-18-6-8-25-13-19(18)28-22)29-30(23(16)26-11-15)20-4-2-3-9-31-20;1-10-2-4-19-8-13(10)11-6-12-16(24-25-17(12)21-7-11)18-22-14-3-5-20-9-15(14)23-18;1-12-5-6-19-10-15(12)13-8-14-16(11-23)21-22(18(14)20-9-13)17-4-2-3-7-24-17;13-8-5-9-10(7-17)15-16(12(9)14-6-8)11-3-1-2-4-18-11;1-5-2-3-8-4-6(5)7(9)10;6-4-1-2-8-3-5(4)7/h5-8,10-13,20H,2-4,9H2,1H3,(H,27,28);2-9H,1H3,(H,22,23)(H,21,24,25);5-6,8-11,17H,2-4,7H2,1H3;5-7,11H,1-4H2;2-4,9-10H,1H3;1-3H,7H2,(H2,6,8). The summed E-state index contributed by atoms with van der Waals surface area (Å²) >= 11 is 3.35. The quantitative estimate of drug-likeness (QED) is 0.0467. The number of hydrogen-bond donors (Lipinski definition) is 7. The van der Waals surface area contributed by atoms with Gasteiger partial charge in [-0.25, -0.2) is 43.9 Å². The van der Waals surface area contributed by atoms with Crippen LogP contribution >= 0.6 is 15.9 Å². The molecule has 3 fully saturated rings. The summed E-state index contributed by atoms with van der Waals surface area (Å²) in [5, 5.41) is 41.8. The molecule has 0 saturated carbocycles. The van der Waals surface area contributed by atoms with Crippen LogP contribution in [0.5, 0.6) is 0 Å². The van der Waals surface area contributed by atoms with Gasteiger partial charge in [0.05, 0.1) is 73.6 Å². The second-order valence-electron chi connectivity index (χ2n) is 27.7. The maximum atomic E-state index is 11.5. The Kier molecular flexibility index (Phi) is 24.1. The van der Waals surface area contributed by atoms with Crippen molar-refractivity contribution < 1.29 is 33.8 Å². The first-order valence-corrected chi connectivity index (χ1v) is 38.4. The van der Waals surface area contributed by atoms with Crippen molar-refractivity contribution in [2.24, 2.45) is 0 Å². The lowest BCUT2D eigenvalue weighted by atomic mass is 9.79. The third kappa shape index (κ3) is 17.3. The highest BCUT2D eigenvalue weighted by Crippen LogP contribution is 2.37. The first-order chi connectivity index (χ1) is 56.7. The molecule has 32 nitrogen and oxygen atoms in total. The molecule has 3 aliphatic heterocycles. The number of carbonyl (C=O) groups excluding carboxylic acids is 2. The number of fused-ring (bicyclic) bond motifs is 6. The van der Waals surface area contributed by atoms with Crippen LogP contribution in [0.25, 0.3) is 123 Å². The van der Waals surface area contributed by atoms with Crippen molar-refractivity contribution in [3.63, 3.8) is 0 Å². The Bertz CT molecular complexity index is 6240. The third-order valence-electron chi connectivity index (χ3n) is 19.9. The molecule has 584 valence electrons. The van der Waals surface area contributed by atoms with E-state index in [9.17, 15) is 9.59 Å². The molecule has 17 aromatic heterocycles. The Hall–Kier alpha value is -13.2. The zero-order chi connectivity index (χ0) is 80.2. The van der Waals surface area contributed by atoms with E-state index in [0.717, 1.165) is 211 Å². The Morgan fingerprint density at radius 2 is 0.897 bits per heavy atom. The number of nitrogens with two attached hydrogens (primary N) is 2. The number of nitrogen functional groups attached to an aromatic ring is 2. The van der Waals surface area contributed by atoms with E-state index in [1.165, 1.54) is 12.4 Å². The topological polar surface area (TPSA) is 436 Å². The minimum Gasteiger partial charge on any atom is -0.423 e. The SMILES string of the molecule is Cc1ccncc1-c1cnc2c(c1)c(-c1nc3ccncc3[nH]1)nn2C1CCCCO1.Cc1ccncc1-c1cnc2c(c1)c(C=O)nn2C1CCCCO1.Cc1ccncc1-c1cnc2n[nH]c(-c3nc4ccncc4[nH]3)c2c1.Cc1ccncc1B(O)O.Nc1ccncc1N.O=Cc1nn(C2CCCCO2)c2ncc(Br)cc12. The summed E-state index contributed by atoms with van der Waals surface area (Å²) in [6.07, 6.45) is 41.7. The molecule has 3 aliphatic rings. The molecule has 17 aromatic rings. The monoisotopic (exact) mass is 1620 g/mol. The summed E-state index contributed by atoms with van der Waals surface area (Å²) in [6.45, 7) is 10.2. The van der Waals surface area contributed by atoms with E-state index >= 15 is 0 Å². The lowest BCUT2D eigenvalue weighted by molar-refractivity contribution is -0.0372. The van der Waals surface area contributed by atoms with Crippen LogP contribution in [-0.4, -0.2) is 164 Å². The number of anilines is 2. The normalized spacial score (nSPS) is 15.2. The molecule has 116 heavy (non-hydrogen) atoms. The van der Waals surface area contributed by atoms with Gasteiger partial charge in [-0.3, -0.25) is 49.6 Å². The third-order valence-corrected chi connectivity index (χ3v) is 20.3. The summed E-state index contributed by atoms with van der Waals surface area (Å²) < 4.78 is 23.7. The van der Waals surface area contributed by atoms with Crippen LogP contribution in [0.3, 0.4) is 0 Å². The van der Waals surface area contributed by atoms with Crippen molar-refractivity contribution in [3.8, 4) is 56.4 Å². The number of aromatic amines is 3. The highest BCUT2D eigenvalue weighted by molar-refractivity contribution is 9.10. The Morgan fingerprint density at radius 3 is 1.36 bits per heavy atom. The largest absolute Gasteiger partial charge is 0.490 e. The van der Waals surface area contributed by atoms with Gasteiger partial charge in [-0.2, -0.15) is 20.4 Å². The second-order valence-corrected chi connectivity index (χ2v) is 28.6. The molecular weight excluding hydrogens is 1540 g/mol. The molecule has 9 N–H and O–H groups in total. The fraction of sp³-hybridized carbons (Fsp3) is 0.232. The lowest BCUT2D eigenvalue weighted by Crippen LogP contribution is -2.32. The summed E-state index contributed by atoms with van der Waals surface area (Å²) in [7, 11) is -1.41. The van der Waals surface area contributed by atoms with Crippen LogP contribution in [-0.2, 0) is 14.2 Å². The number of hydrogen-bond acceptors (Lipinski definition) is 26. The highest BCUT2D eigenvalue weighted by Gasteiger charge is 2.28. The molecule has 3 saturated heterocycles. The number of rotatable bonds is 11. The van der Waals surface area contributed by atoms with Gasteiger partial charge < -0.3 is 45.7 Å². The average molecular weight is 1620 g/mol. The number of H-pyrrole nitrogens is 3. The van der Waals surface area contributed by atoms with E-state index in [1.807, 2.05) is 91.3 Å². The van der Waals surface area contributed by atoms with Crippen molar-refractivity contribution >= 4 is 119 Å². The predicted octanol–water partition coefficient (Wildman–Crippen LogP) is 13.0. The molecule has 34 heteroatoms. The number of nitrogens with zero attached hydrogens (tertiary/aromatic N) is 20. The van der Waals surface area contributed by atoms with Gasteiger partial charge in [-0.05, 0) is 190 Å². The van der Waals surface area contributed by atoms with Gasteiger partial charge in [-0.1, -0.05) is 0 Å². The number of pyridine rings is 11. The lowest BCUT2D eigenvalue weighted by Gasteiger charge is -2.23. The van der Waals surface area contributed by atoms with Gasteiger partial charge in [0.15, 0.2) is 65.5 Å². The number of aryl methyl sites for hydroxylation is 4.